The Morgan fingerprint density at radius 2 is 2.04 bits per heavy atom. The fraction of sp³-hybridized carbons (Fsp3) is 0.412. The monoisotopic (exact) mass is 350 g/mol. The fourth-order valence-corrected chi connectivity index (χ4v) is 4.77. The molecule has 6 heteroatoms. The predicted molar refractivity (Wildman–Crippen MR) is 90.1 cm³/mol. The number of hydrogen-bond acceptors (Lipinski definition) is 3. The molecule has 1 atom stereocenters. The lowest BCUT2D eigenvalue weighted by Gasteiger charge is -2.35. The molecule has 0 fully saturated rings. The second-order valence-electron chi connectivity index (χ2n) is 6.34. The molecule has 1 aromatic heterocycles. The van der Waals surface area contributed by atoms with Gasteiger partial charge < -0.3 is 4.98 Å². The number of hydrogen-bond donors (Lipinski definition) is 1. The number of nitrogens with zero attached hydrogens (tertiary/aromatic N) is 1. The topological polar surface area (TPSA) is 45.8 Å². The van der Waals surface area contributed by atoms with Crippen molar-refractivity contribution in [1.82, 2.24) is 9.97 Å². The minimum absolute atomic E-state index is 0.0565. The van der Waals surface area contributed by atoms with Gasteiger partial charge in [-0.3, -0.25) is 4.79 Å². The van der Waals surface area contributed by atoms with E-state index in [0.717, 1.165) is 41.6 Å². The molecule has 23 heavy (non-hydrogen) atoms. The minimum Gasteiger partial charge on any atom is -0.301 e. The number of thioether (sulfide) groups is 1. The Morgan fingerprint density at radius 1 is 1.30 bits per heavy atom. The molecule has 0 radical (unpaired) electrons. The third-order valence-electron chi connectivity index (χ3n) is 5.22. The Morgan fingerprint density at radius 3 is 2.78 bits per heavy atom. The summed E-state index contributed by atoms with van der Waals surface area (Å²) in [5, 5.41) is 1.27. The van der Waals surface area contributed by atoms with Crippen molar-refractivity contribution in [3.63, 3.8) is 0 Å². The molecule has 4 rings (SSSR count). The van der Waals surface area contributed by atoms with Crippen molar-refractivity contribution in [3.8, 4) is 0 Å². The second-order valence-corrected chi connectivity index (χ2v) is 7.54. The van der Waals surface area contributed by atoms with Gasteiger partial charge in [-0.15, -0.1) is 0 Å². The van der Waals surface area contributed by atoms with Gasteiger partial charge in [-0.2, -0.15) is 0 Å². The van der Waals surface area contributed by atoms with Crippen LogP contribution in [0.25, 0.3) is 0 Å². The van der Waals surface area contributed by atoms with Gasteiger partial charge in [0.15, 0.2) is 5.16 Å². The number of fused-ring (bicyclic) bond motifs is 3. The molecule has 0 saturated heterocycles. The van der Waals surface area contributed by atoms with Gasteiger partial charge in [-0.05, 0) is 55.2 Å². The van der Waals surface area contributed by atoms with Gasteiger partial charge in [0.05, 0.1) is 5.69 Å². The van der Waals surface area contributed by atoms with Crippen molar-refractivity contribution >= 4 is 23.4 Å². The lowest BCUT2D eigenvalue weighted by atomic mass is 9.69. The van der Waals surface area contributed by atoms with E-state index in [9.17, 15) is 9.18 Å². The van der Waals surface area contributed by atoms with E-state index in [2.05, 4.69) is 9.97 Å². The highest BCUT2D eigenvalue weighted by molar-refractivity contribution is 7.98. The fourth-order valence-electron chi connectivity index (χ4n) is 4.12. The highest BCUT2D eigenvalue weighted by Gasteiger charge is 2.45. The third-order valence-corrected chi connectivity index (χ3v) is 6.16. The van der Waals surface area contributed by atoms with E-state index in [1.165, 1.54) is 17.8 Å². The largest absolute Gasteiger partial charge is 0.301 e. The van der Waals surface area contributed by atoms with Crippen molar-refractivity contribution in [1.29, 1.82) is 0 Å². The van der Waals surface area contributed by atoms with Gasteiger partial charge in [0.25, 0.3) is 5.56 Å². The van der Waals surface area contributed by atoms with E-state index < -0.39 is 0 Å². The standard InChI is InChI=1S/C17H16ClFN2OS/c1-23-16-20-13-8-17(7-5-10(13)15(22)21-16)6-4-9-11(18)2-3-12(19)14(9)17/h2-3H,4-8H2,1H3,(H,20,21,22). The van der Waals surface area contributed by atoms with Crippen LogP contribution in [0.3, 0.4) is 0 Å². The van der Waals surface area contributed by atoms with Crippen LogP contribution in [-0.4, -0.2) is 16.2 Å². The van der Waals surface area contributed by atoms with Crippen LogP contribution in [-0.2, 0) is 24.7 Å². The first-order chi connectivity index (χ1) is 11.0. The average molecular weight is 351 g/mol. The number of halogens is 2. The van der Waals surface area contributed by atoms with E-state index in [1.54, 1.807) is 6.07 Å². The summed E-state index contributed by atoms with van der Waals surface area (Å²) in [5.41, 5.74) is 2.93. The molecule has 1 unspecified atom stereocenters. The quantitative estimate of drug-likeness (QED) is 0.630. The molecule has 0 aliphatic heterocycles. The zero-order valence-electron chi connectivity index (χ0n) is 12.7. The van der Waals surface area contributed by atoms with Crippen LogP contribution < -0.4 is 5.56 Å². The molecule has 120 valence electrons. The summed E-state index contributed by atoms with van der Waals surface area (Å²) < 4.78 is 14.5. The first-order valence-electron chi connectivity index (χ1n) is 7.67. The minimum atomic E-state index is -0.270. The van der Waals surface area contributed by atoms with E-state index in [-0.39, 0.29) is 16.8 Å². The second kappa shape index (κ2) is 5.35. The number of rotatable bonds is 1. The lowest BCUT2D eigenvalue weighted by Crippen LogP contribution is -2.36. The molecule has 2 aliphatic carbocycles. The third kappa shape index (κ3) is 2.24. The number of aromatic amines is 1. The summed E-state index contributed by atoms with van der Waals surface area (Å²) in [6.45, 7) is 0. The predicted octanol–water partition coefficient (Wildman–Crippen LogP) is 3.66. The normalized spacial score (nSPS) is 22.2. The van der Waals surface area contributed by atoms with Crippen LogP contribution in [0.1, 0.15) is 35.2 Å². The highest BCUT2D eigenvalue weighted by atomic mass is 35.5. The summed E-state index contributed by atoms with van der Waals surface area (Å²) in [4.78, 5) is 19.6. The van der Waals surface area contributed by atoms with Gasteiger partial charge in [-0.1, -0.05) is 23.4 Å². The average Bonchev–Trinajstić information content (AvgIpc) is 2.90. The van der Waals surface area contributed by atoms with Gasteiger partial charge in [-0.25, -0.2) is 9.37 Å². The molecule has 1 heterocycles. The highest BCUT2D eigenvalue weighted by Crippen LogP contribution is 2.49. The van der Waals surface area contributed by atoms with E-state index in [1.807, 2.05) is 6.26 Å². The summed E-state index contributed by atoms with van der Waals surface area (Å²) in [6, 6.07) is 3.10. The molecule has 1 aromatic carbocycles. The molecular formula is C17H16ClFN2OS. The van der Waals surface area contributed by atoms with Crippen LogP contribution in [0.2, 0.25) is 5.02 Å². The zero-order valence-corrected chi connectivity index (χ0v) is 14.3. The summed E-state index contributed by atoms with van der Waals surface area (Å²) in [5.74, 6) is -0.180. The maximum Gasteiger partial charge on any atom is 0.254 e. The maximum absolute atomic E-state index is 14.5. The van der Waals surface area contributed by atoms with Crippen LogP contribution in [0.5, 0.6) is 0 Å². The SMILES string of the molecule is CSc1nc2c(c(=O)[nH]1)CCC1(CCc3c(Cl)ccc(F)c31)C2. The maximum atomic E-state index is 14.5. The van der Waals surface area contributed by atoms with Crippen molar-refractivity contribution in [2.24, 2.45) is 0 Å². The van der Waals surface area contributed by atoms with E-state index in [0.29, 0.717) is 23.0 Å². The van der Waals surface area contributed by atoms with Crippen molar-refractivity contribution in [3.05, 3.63) is 55.7 Å². The number of aromatic nitrogens is 2. The molecule has 0 bridgehead atoms. The molecule has 1 N–H and O–H groups in total. The Bertz CT molecular complexity index is 866. The van der Waals surface area contributed by atoms with Crippen LogP contribution in [0.15, 0.2) is 22.1 Å². The molecular weight excluding hydrogens is 335 g/mol. The van der Waals surface area contributed by atoms with Gasteiger partial charge in [0, 0.05) is 22.4 Å². The molecule has 1 spiro atoms. The first-order valence-corrected chi connectivity index (χ1v) is 9.28. The zero-order chi connectivity index (χ0) is 16.2. The smallest absolute Gasteiger partial charge is 0.254 e. The van der Waals surface area contributed by atoms with Gasteiger partial charge in [0.2, 0.25) is 0 Å². The molecule has 0 saturated carbocycles. The number of benzene rings is 1. The van der Waals surface area contributed by atoms with Crippen molar-refractivity contribution in [2.75, 3.05) is 6.26 Å². The van der Waals surface area contributed by atoms with Gasteiger partial charge >= 0.3 is 0 Å². The Kier molecular flexibility index (Phi) is 3.54. The number of H-pyrrole nitrogens is 1. The van der Waals surface area contributed by atoms with Crippen LogP contribution >= 0.6 is 23.4 Å². The van der Waals surface area contributed by atoms with E-state index >= 15 is 0 Å². The Labute approximate surface area is 142 Å². The van der Waals surface area contributed by atoms with Crippen molar-refractivity contribution in [2.45, 2.75) is 42.7 Å². The Hall–Kier alpha value is -1.33. The lowest BCUT2D eigenvalue weighted by molar-refractivity contribution is 0.348. The van der Waals surface area contributed by atoms with Gasteiger partial charge in [0.1, 0.15) is 5.82 Å². The van der Waals surface area contributed by atoms with Crippen LogP contribution in [0.4, 0.5) is 4.39 Å². The van der Waals surface area contributed by atoms with Crippen LogP contribution in [0, 0.1) is 5.82 Å². The summed E-state index contributed by atoms with van der Waals surface area (Å²) >= 11 is 7.69. The first kappa shape index (κ1) is 15.2. The molecule has 2 aliphatic rings. The molecule has 3 nitrogen and oxygen atoms in total. The summed E-state index contributed by atoms with van der Waals surface area (Å²) in [7, 11) is 0. The molecule has 0 amide bonds. The molecule has 2 aromatic rings. The summed E-state index contributed by atoms with van der Waals surface area (Å²) in [6.07, 6.45) is 5.56. The Balaban J connectivity index is 1.85. The number of nitrogens with one attached hydrogen (secondary N) is 1. The van der Waals surface area contributed by atoms with Crippen molar-refractivity contribution < 1.29 is 4.39 Å². The van der Waals surface area contributed by atoms with E-state index in [4.69, 9.17) is 11.6 Å².